The third-order valence-corrected chi connectivity index (χ3v) is 3.48. The zero-order valence-electron chi connectivity index (χ0n) is 11.4. The molecule has 1 heterocycles. The fourth-order valence-corrected chi connectivity index (χ4v) is 2.47. The first-order valence-corrected chi connectivity index (χ1v) is 7.10. The minimum absolute atomic E-state index is 0.0662. The molecule has 21 heavy (non-hydrogen) atoms. The lowest BCUT2D eigenvalue weighted by atomic mass is 10.1. The average Bonchev–Trinajstić information content (AvgIpc) is 2.78. The second-order valence-electron chi connectivity index (χ2n) is 4.58. The van der Waals surface area contributed by atoms with E-state index in [2.05, 4.69) is 21.2 Å². The number of hydrogen-bond acceptors (Lipinski definition) is 3. The highest BCUT2D eigenvalue weighted by atomic mass is 79.9. The number of carbonyl (C=O) groups is 1. The van der Waals surface area contributed by atoms with Gasteiger partial charge in [0.05, 0.1) is 4.92 Å². The molecule has 2 rings (SSSR count). The summed E-state index contributed by atoms with van der Waals surface area (Å²) in [4.78, 5) is 22.1. The Hall–Kier alpha value is -2.15. The molecule has 0 saturated heterocycles. The molecule has 110 valence electrons. The number of halogens is 1. The molecular weight excluding hydrogens is 338 g/mol. The van der Waals surface area contributed by atoms with E-state index in [1.54, 1.807) is 29.8 Å². The molecule has 0 bridgehead atoms. The summed E-state index contributed by atoms with van der Waals surface area (Å²) < 4.78 is 2.59. The van der Waals surface area contributed by atoms with Crippen LogP contribution < -0.4 is 5.32 Å². The lowest BCUT2D eigenvalue weighted by Crippen LogP contribution is -2.27. The number of non-ortho nitro benzene ring substituents is 1. The van der Waals surface area contributed by atoms with Gasteiger partial charge in [0, 0.05) is 36.4 Å². The summed E-state index contributed by atoms with van der Waals surface area (Å²) in [6.45, 7) is 0.472. The van der Waals surface area contributed by atoms with Crippen LogP contribution in [0.5, 0.6) is 0 Å². The number of aromatic nitrogens is 1. The van der Waals surface area contributed by atoms with E-state index in [1.165, 1.54) is 12.1 Å². The molecule has 0 saturated carbocycles. The standard InChI is InChI=1S/C14H14BrN3O3/c1-17-9-11(15)8-13(17)14(19)16-7-6-10-2-4-12(5-3-10)18(20)21/h2-5,8-9H,6-7H2,1H3,(H,16,19). The number of nitrogens with one attached hydrogen (secondary N) is 1. The van der Waals surface area contributed by atoms with Gasteiger partial charge in [0.2, 0.25) is 0 Å². The summed E-state index contributed by atoms with van der Waals surface area (Å²) >= 11 is 3.32. The van der Waals surface area contributed by atoms with E-state index in [9.17, 15) is 14.9 Å². The molecule has 6 nitrogen and oxygen atoms in total. The Morgan fingerprint density at radius 3 is 2.57 bits per heavy atom. The van der Waals surface area contributed by atoms with Gasteiger partial charge in [-0.1, -0.05) is 12.1 Å². The number of aryl methyl sites for hydroxylation is 1. The summed E-state index contributed by atoms with van der Waals surface area (Å²) in [5.41, 5.74) is 1.58. The largest absolute Gasteiger partial charge is 0.350 e. The molecule has 0 spiro atoms. The first-order valence-electron chi connectivity index (χ1n) is 6.31. The van der Waals surface area contributed by atoms with Gasteiger partial charge < -0.3 is 9.88 Å². The molecule has 1 amide bonds. The van der Waals surface area contributed by atoms with Gasteiger partial charge in [0.25, 0.3) is 11.6 Å². The highest BCUT2D eigenvalue weighted by molar-refractivity contribution is 9.10. The van der Waals surface area contributed by atoms with Crippen LogP contribution >= 0.6 is 15.9 Å². The molecule has 0 aliphatic heterocycles. The highest BCUT2D eigenvalue weighted by Crippen LogP contribution is 2.14. The lowest BCUT2D eigenvalue weighted by molar-refractivity contribution is -0.384. The molecule has 0 unspecified atom stereocenters. The lowest BCUT2D eigenvalue weighted by Gasteiger charge is -2.06. The van der Waals surface area contributed by atoms with E-state index in [0.29, 0.717) is 18.7 Å². The van der Waals surface area contributed by atoms with Gasteiger partial charge in [-0.05, 0) is 34.0 Å². The Balaban J connectivity index is 1.88. The minimum Gasteiger partial charge on any atom is -0.350 e. The molecule has 0 aliphatic carbocycles. The van der Waals surface area contributed by atoms with E-state index in [0.717, 1.165) is 10.0 Å². The zero-order chi connectivity index (χ0) is 15.4. The third-order valence-electron chi connectivity index (χ3n) is 3.05. The summed E-state index contributed by atoms with van der Waals surface area (Å²) in [5.74, 6) is -0.148. The molecule has 7 heteroatoms. The van der Waals surface area contributed by atoms with Crippen molar-refractivity contribution >= 4 is 27.5 Å². The number of amides is 1. The van der Waals surface area contributed by atoms with Crippen LogP contribution in [0.2, 0.25) is 0 Å². The van der Waals surface area contributed by atoms with Gasteiger partial charge in [-0.3, -0.25) is 14.9 Å². The Morgan fingerprint density at radius 2 is 2.05 bits per heavy atom. The van der Waals surface area contributed by atoms with Crippen LogP contribution in [-0.2, 0) is 13.5 Å². The SMILES string of the molecule is Cn1cc(Br)cc1C(=O)NCCc1ccc([N+](=O)[O-])cc1. The Kier molecular flexibility index (Phi) is 4.74. The van der Waals surface area contributed by atoms with E-state index in [1.807, 2.05) is 6.20 Å². The first-order chi connectivity index (χ1) is 9.97. The molecule has 0 fully saturated rings. The third kappa shape index (κ3) is 3.91. The van der Waals surface area contributed by atoms with Gasteiger partial charge in [-0.15, -0.1) is 0 Å². The maximum atomic E-state index is 12.0. The summed E-state index contributed by atoms with van der Waals surface area (Å²) in [7, 11) is 1.80. The number of rotatable bonds is 5. The molecule has 0 atom stereocenters. The van der Waals surface area contributed by atoms with Crippen LogP contribution in [0.1, 0.15) is 16.1 Å². The number of nitro benzene ring substituents is 1. The van der Waals surface area contributed by atoms with Crippen molar-refractivity contribution in [3.05, 3.63) is 62.4 Å². The van der Waals surface area contributed by atoms with Crippen molar-refractivity contribution in [3.8, 4) is 0 Å². The molecule has 2 aromatic rings. The monoisotopic (exact) mass is 351 g/mol. The number of nitro groups is 1. The molecule has 1 aromatic carbocycles. The van der Waals surface area contributed by atoms with Crippen LogP contribution in [0.25, 0.3) is 0 Å². The van der Waals surface area contributed by atoms with E-state index < -0.39 is 4.92 Å². The van der Waals surface area contributed by atoms with Crippen molar-refractivity contribution in [2.24, 2.45) is 7.05 Å². The predicted molar refractivity (Wildman–Crippen MR) is 82.2 cm³/mol. The predicted octanol–water partition coefficient (Wildman–Crippen LogP) is 2.67. The van der Waals surface area contributed by atoms with Crippen molar-refractivity contribution < 1.29 is 9.72 Å². The van der Waals surface area contributed by atoms with Crippen LogP contribution in [0, 0.1) is 10.1 Å². The Morgan fingerprint density at radius 1 is 1.38 bits per heavy atom. The topological polar surface area (TPSA) is 77.2 Å². The maximum Gasteiger partial charge on any atom is 0.269 e. The van der Waals surface area contributed by atoms with Crippen LogP contribution in [0.4, 0.5) is 5.69 Å². The fraction of sp³-hybridized carbons (Fsp3) is 0.214. The van der Waals surface area contributed by atoms with Crippen LogP contribution in [0.15, 0.2) is 41.0 Å². The molecule has 0 radical (unpaired) electrons. The summed E-state index contributed by atoms with van der Waals surface area (Å²) in [5, 5.41) is 13.4. The van der Waals surface area contributed by atoms with Crippen molar-refractivity contribution in [1.82, 2.24) is 9.88 Å². The van der Waals surface area contributed by atoms with Gasteiger partial charge in [0.1, 0.15) is 5.69 Å². The smallest absolute Gasteiger partial charge is 0.269 e. The summed E-state index contributed by atoms with van der Waals surface area (Å²) in [6.07, 6.45) is 2.43. The minimum atomic E-state index is -0.432. The van der Waals surface area contributed by atoms with Crippen LogP contribution in [-0.4, -0.2) is 21.9 Å². The second-order valence-corrected chi connectivity index (χ2v) is 5.50. The zero-order valence-corrected chi connectivity index (χ0v) is 13.0. The van der Waals surface area contributed by atoms with Gasteiger partial charge in [0.15, 0.2) is 0 Å². The first kappa shape index (κ1) is 15.2. The quantitative estimate of drug-likeness (QED) is 0.664. The van der Waals surface area contributed by atoms with Crippen molar-refractivity contribution in [2.45, 2.75) is 6.42 Å². The number of hydrogen-bond donors (Lipinski definition) is 1. The van der Waals surface area contributed by atoms with Crippen LogP contribution in [0.3, 0.4) is 0 Å². The fourth-order valence-electron chi connectivity index (χ4n) is 1.95. The molecule has 1 N–H and O–H groups in total. The normalized spacial score (nSPS) is 10.4. The average molecular weight is 352 g/mol. The molecule has 1 aromatic heterocycles. The maximum absolute atomic E-state index is 12.0. The van der Waals surface area contributed by atoms with E-state index in [-0.39, 0.29) is 11.6 Å². The summed E-state index contributed by atoms with van der Waals surface area (Å²) in [6, 6.07) is 8.07. The second kappa shape index (κ2) is 6.53. The number of carbonyl (C=O) groups excluding carboxylic acids is 1. The van der Waals surface area contributed by atoms with E-state index >= 15 is 0 Å². The van der Waals surface area contributed by atoms with Crippen molar-refractivity contribution in [3.63, 3.8) is 0 Å². The van der Waals surface area contributed by atoms with Gasteiger partial charge in [-0.25, -0.2) is 0 Å². The van der Waals surface area contributed by atoms with Crippen molar-refractivity contribution in [1.29, 1.82) is 0 Å². The Labute approximate surface area is 130 Å². The van der Waals surface area contributed by atoms with Crippen molar-refractivity contribution in [2.75, 3.05) is 6.54 Å². The van der Waals surface area contributed by atoms with Gasteiger partial charge >= 0.3 is 0 Å². The highest BCUT2D eigenvalue weighted by Gasteiger charge is 2.10. The number of nitrogens with zero attached hydrogens (tertiary/aromatic N) is 2. The van der Waals surface area contributed by atoms with Gasteiger partial charge in [-0.2, -0.15) is 0 Å². The van der Waals surface area contributed by atoms with E-state index in [4.69, 9.17) is 0 Å². The molecule has 0 aliphatic rings. The molecular formula is C14H14BrN3O3. The Bertz CT molecular complexity index is 665. The number of benzene rings is 1.